The molecule has 94 valence electrons. The van der Waals surface area contributed by atoms with Gasteiger partial charge in [0.15, 0.2) is 0 Å². The average molecular weight is 321 g/mol. The second-order valence-electron chi connectivity index (χ2n) is 4.55. The van der Waals surface area contributed by atoms with Gasteiger partial charge in [0.05, 0.1) is 0 Å². The molecule has 1 heterocycles. The second kappa shape index (κ2) is 6.94. The summed E-state index contributed by atoms with van der Waals surface area (Å²) in [5, 5.41) is 0. The molecular formula is C13H18BrN2NaO. The molecule has 0 N–H and O–H groups in total. The molecule has 1 unspecified atom stereocenters. The third kappa shape index (κ3) is 3.73. The van der Waals surface area contributed by atoms with Crippen LogP contribution in [-0.2, 0) is 4.79 Å². The zero-order valence-electron chi connectivity index (χ0n) is 10.2. The minimum atomic E-state index is 0. The number of hydrogen-bond donors (Lipinski definition) is 0. The van der Waals surface area contributed by atoms with Crippen molar-refractivity contribution in [2.75, 3.05) is 25.5 Å². The Morgan fingerprint density at radius 3 is 2.50 bits per heavy atom. The third-order valence-corrected chi connectivity index (χ3v) is 3.94. The number of rotatable bonds is 2. The molecule has 1 saturated heterocycles. The Labute approximate surface area is 139 Å². The monoisotopic (exact) mass is 320 g/mol. The summed E-state index contributed by atoms with van der Waals surface area (Å²) in [7, 11) is 3.94. The fourth-order valence-corrected chi connectivity index (χ4v) is 2.41. The molecule has 1 fully saturated rings. The van der Waals surface area contributed by atoms with Gasteiger partial charge in [-0.05, 0) is 30.7 Å². The third-order valence-electron chi connectivity index (χ3n) is 3.42. The Balaban J connectivity index is 0.00000162. The Hall–Kier alpha value is -0.0300. The number of nitrogens with zero attached hydrogens (tertiary/aromatic N) is 2. The van der Waals surface area contributed by atoms with Crippen LogP contribution in [0.1, 0.15) is 12.8 Å². The summed E-state index contributed by atoms with van der Waals surface area (Å²) in [5.41, 5.74) is 1.16. The molecule has 3 nitrogen and oxygen atoms in total. The van der Waals surface area contributed by atoms with E-state index < -0.39 is 0 Å². The molecule has 1 amide bonds. The summed E-state index contributed by atoms with van der Waals surface area (Å²) < 4.78 is 1.08. The molecule has 1 aromatic rings. The van der Waals surface area contributed by atoms with Gasteiger partial charge in [0.25, 0.3) is 0 Å². The van der Waals surface area contributed by atoms with Crippen molar-refractivity contribution in [3.8, 4) is 0 Å². The predicted molar refractivity (Wildman–Crippen MR) is 80.4 cm³/mol. The van der Waals surface area contributed by atoms with E-state index in [1.54, 1.807) is 0 Å². The van der Waals surface area contributed by atoms with Gasteiger partial charge in [-0.1, -0.05) is 15.9 Å². The van der Waals surface area contributed by atoms with Crippen molar-refractivity contribution in [3.63, 3.8) is 0 Å². The first-order valence-electron chi connectivity index (χ1n) is 5.80. The zero-order chi connectivity index (χ0) is 12.4. The number of carbonyl (C=O) groups excluding carboxylic acids is 1. The number of piperidine rings is 1. The number of likely N-dealkylation sites (tertiary alicyclic amines) is 1. The Morgan fingerprint density at radius 1 is 1.33 bits per heavy atom. The van der Waals surface area contributed by atoms with Gasteiger partial charge < -0.3 is 9.80 Å². The standard InChI is InChI=1S/C13H17BrN2O.Na.H/c1-15-8-7-12(9-13(15)17)16(2)11-5-3-10(14)4-6-11;;/h3-6,12H,7-9H2,1-2H3;;. The van der Waals surface area contributed by atoms with E-state index in [1.165, 1.54) is 0 Å². The summed E-state index contributed by atoms with van der Waals surface area (Å²) >= 11 is 3.43. The van der Waals surface area contributed by atoms with Crippen molar-refractivity contribution in [1.82, 2.24) is 4.90 Å². The second-order valence-corrected chi connectivity index (χ2v) is 5.46. The topological polar surface area (TPSA) is 23.6 Å². The number of amides is 1. The van der Waals surface area contributed by atoms with Crippen molar-refractivity contribution in [2.24, 2.45) is 0 Å². The molecule has 0 saturated carbocycles. The van der Waals surface area contributed by atoms with Crippen LogP contribution < -0.4 is 4.90 Å². The van der Waals surface area contributed by atoms with E-state index in [0.717, 1.165) is 23.1 Å². The first-order valence-corrected chi connectivity index (χ1v) is 6.59. The summed E-state index contributed by atoms with van der Waals surface area (Å²) in [6, 6.07) is 8.53. The van der Waals surface area contributed by atoms with Crippen LogP contribution in [0.5, 0.6) is 0 Å². The molecular weight excluding hydrogens is 303 g/mol. The van der Waals surface area contributed by atoms with E-state index in [-0.39, 0.29) is 35.5 Å². The molecule has 0 aliphatic carbocycles. The first kappa shape index (κ1) is 16.0. The summed E-state index contributed by atoms with van der Waals surface area (Å²) in [5.74, 6) is 0.241. The van der Waals surface area contributed by atoms with Gasteiger partial charge in [-0.3, -0.25) is 4.79 Å². The van der Waals surface area contributed by atoms with Crippen LogP contribution in [0.15, 0.2) is 28.7 Å². The Morgan fingerprint density at radius 2 is 1.94 bits per heavy atom. The van der Waals surface area contributed by atoms with Gasteiger partial charge >= 0.3 is 29.6 Å². The van der Waals surface area contributed by atoms with Gasteiger partial charge in [0.1, 0.15) is 0 Å². The number of halogens is 1. The van der Waals surface area contributed by atoms with E-state index in [0.29, 0.717) is 12.5 Å². The Bertz CT molecular complexity index is 410. The molecule has 1 aliphatic rings. The molecule has 1 atom stereocenters. The van der Waals surface area contributed by atoms with Gasteiger partial charge in [0.2, 0.25) is 5.91 Å². The van der Waals surface area contributed by atoms with E-state index in [1.807, 2.05) is 24.1 Å². The molecule has 2 rings (SSSR count). The van der Waals surface area contributed by atoms with Gasteiger partial charge in [-0.25, -0.2) is 0 Å². The zero-order valence-corrected chi connectivity index (χ0v) is 11.8. The fraction of sp³-hybridized carbons (Fsp3) is 0.462. The van der Waals surface area contributed by atoms with Crippen LogP contribution in [0.4, 0.5) is 5.69 Å². The average Bonchev–Trinajstić information content (AvgIpc) is 2.33. The molecule has 0 aromatic heterocycles. The van der Waals surface area contributed by atoms with Crippen LogP contribution in [0, 0.1) is 0 Å². The van der Waals surface area contributed by atoms with Crippen molar-refractivity contribution in [2.45, 2.75) is 18.9 Å². The molecule has 1 aromatic carbocycles. The van der Waals surface area contributed by atoms with E-state index in [2.05, 4.69) is 40.0 Å². The fourth-order valence-electron chi connectivity index (χ4n) is 2.14. The van der Waals surface area contributed by atoms with Gasteiger partial charge in [-0.2, -0.15) is 0 Å². The SMILES string of the molecule is CN1CCC(N(C)c2ccc(Br)cc2)CC1=O.[NaH]. The van der Waals surface area contributed by atoms with Crippen LogP contribution in [-0.4, -0.2) is 67.0 Å². The van der Waals surface area contributed by atoms with Crippen LogP contribution >= 0.6 is 15.9 Å². The first-order chi connectivity index (χ1) is 8.08. The molecule has 1 aliphatic heterocycles. The maximum atomic E-state index is 11.7. The van der Waals surface area contributed by atoms with Crippen LogP contribution in [0.3, 0.4) is 0 Å². The Kier molecular flexibility index (Phi) is 6.18. The number of benzene rings is 1. The molecule has 5 heteroatoms. The minimum absolute atomic E-state index is 0. The summed E-state index contributed by atoms with van der Waals surface area (Å²) in [6.07, 6.45) is 1.65. The number of hydrogen-bond acceptors (Lipinski definition) is 2. The van der Waals surface area contributed by atoms with Crippen molar-refractivity contribution >= 4 is 57.1 Å². The molecule has 18 heavy (non-hydrogen) atoms. The van der Waals surface area contributed by atoms with E-state index in [4.69, 9.17) is 0 Å². The molecule has 0 bridgehead atoms. The van der Waals surface area contributed by atoms with Crippen LogP contribution in [0.25, 0.3) is 0 Å². The normalized spacial score (nSPS) is 19.4. The summed E-state index contributed by atoms with van der Waals surface area (Å²) in [4.78, 5) is 15.7. The van der Waals surface area contributed by atoms with E-state index >= 15 is 0 Å². The molecule has 0 radical (unpaired) electrons. The number of carbonyl (C=O) groups is 1. The predicted octanol–water partition coefficient (Wildman–Crippen LogP) is 1.86. The van der Waals surface area contributed by atoms with Crippen molar-refractivity contribution in [1.29, 1.82) is 0 Å². The molecule has 0 spiro atoms. The van der Waals surface area contributed by atoms with E-state index in [9.17, 15) is 4.79 Å². The van der Waals surface area contributed by atoms with Gasteiger partial charge in [-0.15, -0.1) is 0 Å². The van der Waals surface area contributed by atoms with Crippen LogP contribution in [0.2, 0.25) is 0 Å². The quantitative estimate of drug-likeness (QED) is 0.777. The maximum absolute atomic E-state index is 11.7. The van der Waals surface area contributed by atoms with Crippen molar-refractivity contribution < 1.29 is 4.79 Å². The van der Waals surface area contributed by atoms with Gasteiger partial charge in [0, 0.05) is 43.3 Å². The van der Waals surface area contributed by atoms with Crippen molar-refractivity contribution in [3.05, 3.63) is 28.7 Å². The number of anilines is 1. The summed E-state index contributed by atoms with van der Waals surface area (Å²) in [6.45, 7) is 0.852.